The second kappa shape index (κ2) is 12.3. The lowest BCUT2D eigenvalue weighted by Crippen LogP contribution is -2.40. The predicted octanol–water partition coefficient (Wildman–Crippen LogP) is 5.11. The van der Waals surface area contributed by atoms with Crippen LogP contribution in [-0.4, -0.2) is 61.9 Å². The van der Waals surface area contributed by atoms with Gasteiger partial charge in [0.25, 0.3) is 0 Å². The lowest BCUT2D eigenvalue weighted by Gasteiger charge is -2.32. The number of likely N-dealkylation sites (tertiary alicyclic amines) is 1. The average molecular weight is 570 g/mol. The molecule has 0 radical (unpaired) electrons. The van der Waals surface area contributed by atoms with Crippen molar-refractivity contribution >= 4 is 28.9 Å². The van der Waals surface area contributed by atoms with E-state index in [0.29, 0.717) is 41.4 Å². The maximum absolute atomic E-state index is 13.0. The zero-order valence-electron chi connectivity index (χ0n) is 24.0. The number of aromatic nitrogens is 4. The number of fused-ring (bicyclic) bond motifs is 1. The van der Waals surface area contributed by atoms with Crippen LogP contribution < -0.4 is 15.8 Å². The molecule has 4 aromatic rings. The summed E-state index contributed by atoms with van der Waals surface area (Å²) in [6.45, 7) is 6.67. The summed E-state index contributed by atoms with van der Waals surface area (Å²) in [4.78, 5) is 35.3. The van der Waals surface area contributed by atoms with E-state index in [9.17, 15) is 9.59 Å². The molecule has 2 aromatic carbocycles. The predicted molar refractivity (Wildman–Crippen MR) is 160 cm³/mol. The number of nitrogens with one attached hydrogen (secondary N) is 1. The van der Waals surface area contributed by atoms with E-state index >= 15 is 0 Å². The third-order valence-corrected chi connectivity index (χ3v) is 6.70. The first-order chi connectivity index (χ1) is 20.2. The number of amides is 2. The minimum Gasteiger partial charge on any atom is -0.457 e. The van der Waals surface area contributed by atoms with Gasteiger partial charge in [0, 0.05) is 31.3 Å². The Balaban J connectivity index is 1.31. The number of alkyl carbamates (subject to hydrolysis) is 1. The first kappa shape index (κ1) is 28.6. The fourth-order valence-corrected chi connectivity index (χ4v) is 4.83. The zero-order valence-corrected chi connectivity index (χ0v) is 24.0. The Kier molecular flexibility index (Phi) is 8.37. The highest BCUT2D eigenvalue weighted by Gasteiger charge is 2.28. The van der Waals surface area contributed by atoms with Crippen LogP contribution in [0.1, 0.15) is 39.7 Å². The number of rotatable bonds is 7. The zero-order chi connectivity index (χ0) is 29.7. The fourth-order valence-electron chi connectivity index (χ4n) is 4.83. The van der Waals surface area contributed by atoms with Crippen LogP contribution in [0, 0.1) is 0 Å². The molecule has 218 valence electrons. The third-order valence-electron chi connectivity index (χ3n) is 6.70. The summed E-state index contributed by atoms with van der Waals surface area (Å²) < 4.78 is 13.0. The number of anilines is 1. The van der Waals surface area contributed by atoms with Gasteiger partial charge < -0.3 is 25.4 Å². The monoisotopic (exact) mass is 569 g/mol. The van der Waals surface area contributed by atoms with Crippen LogP contribution in [0.5, 0.6) is 11.5 Å². The topological polar surface area (TPSA) is 137 Å². The molecule has 2 amide bonds. The van der Waals surface area contributed by atoms with Crippen LogP contribution in [0.15, 0.2) is 73.1 Å². The van der Waals surface area contributed by atoms with Crippen molar-refractivity contribution in [1.29, 1.82) is 0 Å². The van der Waals surface area contributed by atoms with Gasteiger partial charge in [-0.3, -0.25) is 4.79 Å². The molecule has 3 N–H and O–H groups in total. The summed E-state index contributed by atoms with van der Waals surface area (Å²) in [7, 11) is 0. The number of hydrogen-bond acceptors (Lipinski definition) is 8. The van der Waals surface area contributed by atoms with Crippen LogP contribution in [0.2, 0.25) is 0 Å². The van der Waals surface area contributed by atoms with Crippen molar-refractivity contribution in [3.05, 3.63) is 73.1 Å². The minimum atomic E-state index is -0.585. The molecule has 1 aliphatic heterocycles. The van der Waals surface area contributed by atoms with Crippen LogP contribution in [0.4, 0.5) is 10.6 Å². The van der Waals surface area contributed by atoms with Crippen molar-refractivity contribution < 1.29 is 19.1 Å². The second-order valence-corrected chi connectivity index (χ2v) is 11.1. The summed E-state index contributed by atoms with van der Waals surface area (Å²) in [5.41, 5.74) is 7.89. The van der Waals surface area contributed by atoms with Crippen molar-refractivity contribution in [2.24, 2.45) is 0 Å². The molecule has 3 heterocycles. The van der Waals surface area contributed by atoms with Gasteiger partial charge in [0.1, 0.15) is 34.9 Å². The molecule has 2 aromatic heterocycles. The van der Waals surface area contributed by atoms with Gasteiger partial charge in [-0.25, -0.2) is 19.4 Å². The molecule has 0 saturated carbocycles. The molecule has 1 saturated heterocycles. The SMILES string of the molecule is CC(C)(C)OC(=O)NC/C=C/C(=O)N1CCC[C@@H](n2nc(-c3ccc(Oc4ccccc4)cc3)c3c(N)ncnc32)C1. The van der Waals surface area contributed by atoms with Crippen molar-refractivity contribution in [1.82, 2.24) is 30.0 Å². The van der Waals surface area contributed by atoms with E-state index in [1.165, 1.54) is 12.4 Å². The minimum absolute atomic E-state index is 0.0952. The summed E-state index contributed by atoms with van der Waals surface area (Å²) in [6.07, 6.45) is 5.64. The molecule has 0 spiro atoms. The van der Waals surface area contributed by atoms with E-state index in [0.717, 1.165) is 24.2 Å². The molecule has 0 unspecified atom stereocenters. The number of piperidine rings is 1. The van der Waals surface area contributed by atoms with Gasteiger partial charge in [0.2, 0.25) is 5.91 Å². The number of ether oxygens (including phenoxy) is 2. The Bertz CT molecular complexity index is 1580. The fraction of sp³-hybridized carbons (Fsp3) is 0.323. The Labute approximate surface area is 244 Å². The van der Waals surface area contributed by atoms with Crippen molar-refractivity contribution in [2.75, 3.05) is 25.4 Å². The van der Waals surface area contributed by atoms with Crippen molar-refractivity contribution in [2.45, 2.75) is 45.3 Å². The number of carbonyl (C=O) groups excluding carboxylic acids is 2. The number of benzene rings is 2. The standard InChI is InChI=1S/C31H35N7O4/c1-31(2,3)42-30(40)33-17-7-12-25(39)37-18-8-9-22(19-37)38-29-26(28(32)34-20-35-29)27(36-38)21-13-15-24(16-14-21)41-23-10-5-4-6-11-23/h4-7,10-16,20,22H,8-9,17-19H2,1-3H3,(H,33,40)(H2,32,34,35)/b12-7+/t22-/m1/s1. The normalized spacial score (nSPS) is 15.6. The Morgan fingerprint density at radius 3 is 2.55 bits per heavy atom. The van der Waals surface area contributed by atoms with Crippen LogP contribution >= 0.6 is 0 Å². The van der Waals surface area contributed by atoms with Crippen molar-refractivity contribution in [3.63, 3.8) is 0 Å². The number of nitrogens with zero attached hydrogens (tertiary/aromatic N) is 5. The maximum atomic E-state index is 13.0. The number of nitrogen functional groups attached to an aromatic ring is 1. The summed E-state index contributed by atoms with van der Waals surface area (Å²) in [5, 5.41) is 8.25. The molecular formula is C31H35N7O4. The van der Waals surface area contributed by atoms with Crippen LogP contribution in [-0.2, 0) is 9.53 Å². The molecule has 11 heteroatoms. The van der Waals surface area contributed by atoms with Gasteiger partial charge in [0.15, 0.2) is 5.65 Å². The maximum Gasteiger partial charge on any atom is 0.407 e. The third kappa shape index (κ3) is 6.85. The summed E-state index contributed by atoms with van der Waals surface area (Å²) in [5.74, 6) is 1.66. The Morgan fingerprint density at radius 1 is 1.07 bits per heavy atom. The summed E-state index contributed by atoms with van der Waals surface area (Å²) in [6, 6.07) is 17.1. The highest BCUT2D eigenvalue weighted by Crippen LogP contribution is 2.35. The first-order valence-corrected chi connectivity index (χ1v) is 13.9. The molecule has 1 atom stereocenters. The lowest BCUT2D eigenvalue weighted by atomic mass is 10.1. The highest BCUT2D eigenvalue weighted by atomic mass is 16.6. The van der Waals surface area contributed by atoms with Gasteiger partial charge in [0.05, 0.1) is 11.4 Å². The molecule has 1 aliphatic rings. The lowest BCUT2D eigenvalue weighted by molar-refractivity contribution is -0.127. The second-order valence-electron chi connectivity index (χ2n) is 11.1. The van der Waals surface area contributed by atoms with Gasteiger partial charge in [-0.1, -0.05) is 24.3 Å². The molecule has 11 nitrogen and oxygen atoms in total. The van der Waals surface area contributed by atoms with E-state index in [1.54, 1.807) is 31.7 Å². The van der Waals surface area contributed by atoms with E-state index < -0.39 is 11.7 Å². The number of hydrogen-bond donors (Lipinski definition) is 2. The van der Waals surface area contributed by atoms with Crippen molar-refractivity contribution in [3.8, 4) is 22.8 Å². The quantitative estimate of drug-likeness (QED) is 0.293. The smallest absolute Gasteiger partial charge is 0.407 e. The largest absolute Gasteiger partial charge is 0.457 e. The van der Waals surface area contributed by atoms with E-state index in [4.69, 9.17) is 20.3 Å². The molecule has 1 fully saturated rings. The summed E-state index contributed by atoms with van der Waals surface area (Å²) >= 11 is 0. The highest BCUT2D eigenvalue weighted by molar-refractivity contribution is 5.98. The van der Waals surface area contributed by atoms with E-state index in [-0.39, 0.29) is 18.5 Å². The molecule has 0 bridgehead atoms. The van der Waals surface area contributed by atoms with Gasteiger partial charge >= 0.3 is 6.09 Å². The van der Waals surface area contributed by atoms with E-state index in [2.05, 4.69) is 15.3 Å². The molecule has 5 rings (SSSR count). The van der Waals surface area contributed by atoms with Crippen LogP contribution in [0.25, 0.3) is 22.3 Å². The van der Waals surface area contributed by atoms with E-state index in [1.807, 2.05) is 59.3 Å². The average Bonchev–Trinajstić information content (AvgIpc) is 3.36. The molecule has 0 aliphatic carbocycles. The Morgan fingerprint density at radius 2 is 1.81 bits per heavy atom. The van der Waals surface area contributed by atoms with Crippen LogP contribution in [0.3, 0.4) is 0 Å². The first-order valence-electron chi connectivity index (χ1n) is 13.9. The van der Waals surface area contributed by atoms with Gasteiger partial charge in [-0.2, -0.15) is 5.10 Å². The number of para-hydroxylation sites is 1. The van der Waals surface area contributed by atoms with Gasteiger partial charge in [-0.15, -0.1) is 0 Å². The Hall–Kier alpha value is -4.93. The number of nitrogens with two attached hydrogens (primary N) is 1. The molecule has 42 heavy (non-hydrogen) atoms. The number of carbonyl (C=O) groups is 2. The molecular weight excluding hydrogens is 534 g/mol. The van der Waals surface area contributed by atoms with Gasteiger partial charge in [-0.05, 0) is 70.0 Å².